The minimum Gasteiger partial charge on any atom is -0.371 e. The van der Waals surface area contributed by atoms with E-state index in [1.165, 1.54) is 22.3 Å². The molecule has 1 amide bonds. The number of hydrogen-bond donors (Lipinski definition) is 1. The van der Waals surface area contributed by atoms with Crippen LogP contribution in [-0.2, 0) is 9.53 Å². The second-order valence-corrected chi connectivity index (χ2v) is 4.92. The summed E-state index contributed by atoms with van der Waals surface area (Å²) in [4.78, 5) is 11.2. The number of nitrogens with one attached hydrogen (secondary N) is 1. The number of likely N-dealkylation sites (N-methyl/N-ethyl adjacent to an activating group) is 1. The summed E-state index contributed by atoms with van der Waals surface area (Å²) >= 11 is 0. The van der Waals surface area contributed by atoms with E-state index in [-0.39, 0.29) is 18.4 Å². The molecule has 0 aromatic heterocycles. The highest BCUT2D eigenvalue weighted by Crippen LogP contribution is 2.44. The van der Waals surface area contributed by atoms with Crippen molar-refractivity contribution in [3.05, 3.63) is 59.7 Å². The first-order chi connectivity index (χ1) is 9.81. The zero-order chi connectivity index (χ0) is 13.9. The lowest BCUT2D eigenvalue weighted by molar-refractivity contribution is -0.125. The first kappa shape index (κ1) is 12.9. The number of ether oxygens (including phenoxy) is 1. The van der Waals surface area contributed by atoms with Crippen molar-refractivity contribution in [1.29, 1.82) is 0 Å². The highest BCUT2D eigenvalue weighted by molar-refractivity contribution is 5.79. The number of carbonyl (C=O) groups excluding carboxylic acids is 1. The molecule has 1 aliphatic carbocycles. The van der Waals surface area contributed by atoms with Crippen molar-refractivity contribution in [3.63, 3.8) is 0 Å². The molecule has 0 bridgehead atoms. The van der Waals surface area contributed by atoms with E-state index in [1.54, 1.807) is 7.05 Å². The van der Waals surface area contributed by atoms with Crippen molar-refractivity contribution in [2.75, 3.05) is 20.3 Å². The van der Waals surface area contributed by atoms with Gasteiger partial charge in [-0.2, -0.15) is 0 Å². The number of rotatable bonds is 4. The molecule has 1 N–H and O–H groups in total. The third-order valence-corrected chi connectivity index (χ3v) is 3.76. The number of amides is 1. The average molecular weight is 267 g/mol. The second kappa shape index (κ2) is 5.47. The van der Waals surface area contributed by atoms with E-state index in [0.717, 1.165) is 0 Å². The summed E-state index contributed by atoms with van der Waals surface area (Å²) in [5.74, 6) is 0.122. The van der Waals surface area contributed by atoms with Crippen LogP contribution in [0.25, 0.3) is 11.1 Å². The fourth-order valence-electron chi connectivity index (χ4n) is 2.78. The smallest absolute Gasteiger partial charge is 0.245 e. The number of fused-ring (bicyclic) bond motifs is 3. The van der Waals surface area contributed by atoms with Gasteiger partial charge in [-0.1, -0.05) is 48.5 Å². The van der Waals surface area contributed by atoms with E-state index in [2.05, 4.69) is 53.8 Å². The maximum atomic E-state index is 11.2. The zero-order valence-corrected chi connectivity index (χ0v) is 11.4. The lowest BCUT2D eigenvalue weighted by Crippen LogP contribution is -2.24. The van der Waals surface area contributed by atoms with Gasteiger partial charge in [-0.15, -0.1) is 0 Å². The summed E-state index contributed by atoms with van der Waals surface area (Å²) in [6, 6.07) is 16.8. The first-order valence-electron chi connectivity index (χ1n) is 6.78. The average Bonchev–Trinajstić information content (AvgIpc) is 2.82. The Morgan fingerprint density at radius 1 is 1.05 bits per heavy atom. The number of hydrogen-bond acceptors (Lipinski definition) is 2. The molecule has 0 atom stereocenters. The molecule has 0 radical (unpaired) electrons. The maximum Gasteiger partial charge on any atom is 0.245 e. The molecular weight excluding hydrogens is 250 g/mol. The van der Waals surface area contributed by atoms with Gasteiger partial charge in [0.25, 0.3) is 0 Å². The first-order valence-corrected chi connectivity index (χ1v) is 6.78. The second-order valence-electron chi connectivity index (χ2n) is 4.92. The zero-order valence-electron chi connectivity index (χ0n) is 11.4. The molecule has 3 rings (SSSR count). The largest absolute Gasteiger partial charge is 0.371 e. The molecule has 2 aromatic rings. The molecule has 0 fully saturated rings. The number of benzene rings is 2. The Hall–Kier alpha value is -2.13. The van der Waals surface area contributed by atoms with Crippen LogP contribution in [0.4, 0.5) is 0 Å². The van der Waals surface area contributed by atoms with Crippen LogP contribution in [-0.4, -0.2) is 26.2 Å². The van der Waals surface area contributed by atoms with Gasteiger partial charge in [0.2, 0.25) is 5.91 Å². The van der Waals surface area contributed by atoms with Crippen molar-refractivity contribution in [2.45, 2.75) is 5.92 Å². The lowest BCUT2D eigenvalue weighted by atomic mass is 9.98. The van der Waals surface area contributed by atoms with Gasteiger partial charge in [0.05, 0.1) is 6.61 Å². The molecule has 20 heavy (non-hydrogen) atoms. The number of carbonyl (C=O) groups is 1. The van der Waals surface area contributed by atoms with Crippen LogP contribution in [0.2, 0.25) is 0 Å². The molecule has 3 heteroatoms. The van der Waals surface area contributed by atoms with Gasteiger partial charge < -0.3 is 10.1 Å². The molecule has 1 aliphatic rings. The van der Waals surface area contributed by atoms with Crippen molar-refractivity contribution in [3.8, 4) is 11.1 Å². The third kappa shape index (κ3) is 2.21. The highest BCUT2D eigenvalue weighted by Gasteiger charge is 2.27. The Kier molecular flexibility index (Phi) is 3.52. The van der Waals surface area contributed by atoms with Gasteiger partial charge in [-0.25, -0.2) is 0 Å². The fraction of sp³-hybridized carbons (Fsp3) is 0.235. The van der Waals surface area contributed by atoms with E-state index in [9.17, 15) is 4.79 Å². The maximum absolute atomic E-state index is 11.2. The normalized spacial score (nSPS) is 12.8. The summed E-state index contributed by atoms with van der Waals surface area (Å²) < 4.78 is 5.57. The van der Waals surface area contributed by atoms with E-state index >= 15 is 0 Å². The molecule has 0 saturated heterocycles. The molecule has 3 nitrogen and oxygen atoms in total. The molecular formula is C17H17NO2. The Morgan fingerprint density at radius 3 is 2.15 bits per heavy atom. The van der Waals surface area contributed by atoms with Crippen molar-refractivity contribution in [1.82, 2.24) is 5.32 Å². The van der Waals surface area contributed by atoms with Gasteiger partial charge >= 0.3 is 0 Å². The van der Waals surface area contributed by atoms with Crippen LogP contribution in [0, 0.1) is 0 Å². The van der Waals surface area contributed by atoms with Crippen molar-refractivity contribution in [2.24, 2.45) is 0 Å². The molecule has 0 aliphatic heterocycles. The molecule has 2 aromatic carbocycles. The summed E-state index contributed by atoms with van der Waals surface area (Å²) in [6.07, 6.45) is 0. The van der Waals surface area contributed by atoms with Crippen molar-refractivity contribution >= 4 is 5.91 Å². The summed E-state index contributed by atoms with van der Waals surface area (Å²) in [5.41, 5.74) is 5.12. The molecule has 0 unspecified atom stereocenters. The van der Waals surface area contributed by atoms with Gasteiger partial charge in [-0.3, -0.25) is 4.79 Å². The van der Waals surface area contributed by atoms with E-state index < -0.39 is 0 Å². The summed E-state index contributed by atoms with van der Waals surface area (Å²) in [5, 5.41) is 2.56. The van der Waals surface area contributed by atoms with Crippen LogP contribution in [0.3, 0.4) is 0 Å². The monoisotopic (exact) mass is 267 g/mol. The SMILES string of the molecule is CNC(=O)COCC1c2ccccc2-c2ccccc21. The Bertz CT molecular complexity index is 591. The van der Waals surface area contributed by atoms with Crippen LogP contribution in [0.1, 0.15) is 17.0 Å². The Labute approximate surface area is 118 Å². The molecule has 0 heterocycles. The topological polar surface area (TPSA) is 38.3 Å². The van der Waals surface area contributed by atoms with Gasteiger partial charge in [0.15, 0.2) is 0 Å². The van der Waals surface area contributed by atoms with Crippen molar-refractivity contribution < 1.29 is 9.53 Å². The van der Waals surface area contributed by atoms with Crippen LogP contribution in [0.5, 0.6) is 0 Å². The minimum absolute atomic E-state index is 0.0930. The van der Waals surface area contributed by atoms with Crippen LogP contribution in [0.15, 0.2) is 48.5 Å². The predicted octanol–water partition coefficient (Wildman–Crippen LogP) is 2.56. The quantitative estimate of drug-likeness (QED) is 0.924. The highest BCUT2D eigenvalue weighted by atomic mass is 16.5. The Balaban J connectivity index is 1.85. The fourth-order valence-corrected chi connectivity index (χ4v) is 2.78. The summed E-state index contributed by atoms with van der Waals surface area (Å²) in [6.45, 7) is 0.638. The standard InChI is InChI=1S/C17H17NO2/c1-18-17(19)11-20-10-16-14-8-4-2-6-12(14)13-7-3-5-9-15(13)16/h2-9,16H,10-11H2,1H3,(H,18,19). The third-order valence-electron chi connectivity index (χ3n) is 3.76. The van der Waals surface area contributed by atoms with Gasteiger partial charge in [0.1, 0.15) is 6.61 Å². The minimum atomic E-state index is -0.0930. The van der Waals surface area contributed by atoms with E-state index in [0.29, 0.717) is 6.61 Å². The van der Waals surface area contributed by atoms with Crippen LogP contribution >= 0.6 is 0 Å². The van der Waals surface area contributed by atoms with E-state index in [4.69, 9.17) is 4.74 Å². The Morgan fingerprint density at radius 2 is 1.60 bits per heavy atom. The van der Waals surface area contributed by atoms with Gasteiger partial charge in [-0.05, 0) is 22.3 Å². The lowest BCUT2D eigenvalue weighted by Gasteiger charge is -2.13. The van der Waals surface area contributed by atoms with Crippen LogP contribution < -0.4 is 5.32 Å². The van der Waals surface area contributed by atoms with E-state index in [1.807, 2.05) is 0 Å². The predicted molar refractivity (Wildman–Crippen MR) is 78.6 cm³/mol. The summed E-state index contributed by atoms with van der Waals surface area (Å²) in [7, 11) is 1.62. The van der Waals surface area contributed by atoms with Gasteiger partial charge in [0, 0.05) is 13.0 Å². The molecule has 102 valence electrons. The molecule has 0 saturated carbocycles. The molecule has 0 spiro atoms.